The van der Waals surface area contributed by atoms with Crippen molar-refractivity contribution in [2.24, 2.45) is 5.10 Å². The Bertz CT molecular complexity index is 267. The number of quaternary nitrogens is 1. The predicted octanol–water partition coefficient (Wildman–Crippen LogP) is 0.764. The summed E-state index contributed by atoms with van der Waals surface area (Å²) in [6.45, 7) is 2.09. The van der Waals surface area contributed by atoms with Crippen molar-refractivity contribution < 1.29 is 5.01 Å². The number of allylic oxidation sites excluding steroid dienone is 2. The molecular formula is C7H8IN3. The first-order chi connectivity index (χ1) is 5.27. The summed E-state index contributed by atoms with van der Waals surface area (Å²) in [5.74, 6) is 0. The highest BCUT2D eigenvalue weighted by Gasteiger charge is 2.23. The normalized spacial score (nSPS) is 34.0. The lowest BCUT2D eigenvalue weighted by Gasteiger charge is -2.24. The SMILES string of the molecule is CC1=CC2C(I)=N[N-][NH+]2C=C1. The number of nitrogens with zero attached hydrogens (tertiary/aromatic N) is 2. The molecule has 2 aliphatic heterocycles. The van der Waals surface area contributed by atoms with Gasteiger partial charge in [0.1, 0.15) is 3.72 Å². The summed E-state index contributed by atoms with van der Waals surface area (Å²) in [4.78, 5) is 0. The molecule has 58 valence electrons. The van der Waals surface area contributed by atoms with E-state index < -0.39 is 0 Å². The highest BCUT2D eigenvalue weighted by Crippen LogP contribution is 2.11. The maximum atomic E-state index is 4.04. The van der Waals surface area contributed by atoms with Gasteiger partial charge in [0.05, 0.1) is 6.20 Å². The Balaban J connectivity index is 2.29. The van der Waals surface area contributed by atoms with Crippen LogP contribution in [0.25, 0.3) is 5.53 Å². The van der Waals surface area contributed by atoms with E-state index in [9.17, 15) is 0 Å². The van der Waals surface area contributed by atoms with Gasteiger partial charge in [0.15, 0.2) is 6.04 Å². The fourth-order valence-electron chi connectivity index (χ4n) is 1.18. The van der Waals surface area contributed by atoms with E-state index in [1.54, 1.807) is 0 Å². The lowest BCUT2D eigenvalue weighted by molar-refractivity contribution is -0.811. The molecule has 2 atom stereocenters. The lowest BCUT2D eigenvalue weighted by Crippen LogP contribution is -3.06. The molecule has 0 fully saturated rings. The van der Waals surface area contributed by atoms with Crippen LogP contribution in [0.3, 0.4) is 0 Å². The molecule has 0 aliphatic carbocycles. The van der Waals surface area contributed by atoms with Gasteiger partial charge in [-0.05, 0) is 47.2 Å². The van der Waals surface area contributed by atoms with Crippen molar-refractivity contribution in [1.29, 1.82) is 0 Å². The highest BCUT2D eigenvalue weighted by molar-refractivity contribution is 14.1. The molecule has 4 heteroatoms. The van der Waals surface area contributed by atoms with Gasteiger partial charge < -0.3 is 15.6 Å². The van der Waals surface area contributed by atoms with Gasteiger partial charge in [-0.15, -0.1) is 0 Å². The lowest BCUT2D eigenvalue weighted by atomic mass is 10.1. The second kappa shape index (κ2) is 2.60. The Labute approximate surface area is 78.9 Å². The van der Waals surface area contributed by atoms with Crippen LogP contribution in [0, 0.1) is 0 Å². The summed E-state index contributed by atoms with van der Waals surface area (Å²) in [5.41, 5.74) is 5.33. The van der Waals surface area contributed by atoms with Crippen LogP contribution < -0.4 is 5.01 Å². The third kappa shape index (κ3) is 1.20. The van der Waals surface area contributed by atoms with Crippen molar-refractivity contribution in [1.82, 2.24) is 0 Å². The van der Waals surface area contributed by atoms with Crippen molar-refractivity contribution in [3.05, 3.63) is 29.5 Å². The summed E-state index contributed by atoms with van der Waals surface area (Å²) in [7, 11) is 0. The van der Waals surface area contributed by atoms with Gasteiger partial charge in [-0.25, -0.2) is 0 Å². The molecule has 0 saturated heterocycles. The molecular weight excluding hydrogens is 253 g/mol. The summed E-state index contributed by atoms with van der Waals surface area (Å²) in [6, 6.07) is 0.348. The monoisotopic (exact) mass is 261 g/mol. The minimum atomic E-state index is 0.348. The Morgan fingerprint density at radius 3 is 3.36 bits per heavy atom. The van der Waals surface area contributed by atoms with Crippen LogP contribution in [-0.2, 0) is 0 Å². The van der Waals surface area contributed by atoms with Gasteiger partial charge in [0.25, 0.3) is 0 Å². The zero-order chi connectivity index (χ0) is 7.84. The second-order valence-corrected chi connectivity index (χ2v) is 3.77. The van der Waals surface area contributed by atoms with Crippen molar-refractivity contribution >= 4 is 26.3 Å². The van der Waals surface area contributed by atoms with Crippen LogP contribution in [0.2, 0.25) is 0 Å². The largest absolute Gasteiger partial charge is 0.400 e. The molecule has 0 bridgehead atoms. The molecule has 0 aromatic carbocycles. The zero-order valence-electron chi connectivity index (χ0n) is 6.08. The van der Waals surface area contributed by atoms with Crippen molar-refractivity contribution in [3.8, 4) is 0 Å². The molecule has 3 nitrogen and oxygen atoms in total. The summed E-state index contributed by atoms with van der Waals surface area (Å²) in [6.07, 6.45) is 6.30. The van der Waals surface area contributed by atoms with Gasteiger partial charge in [0.2, 0.25) is 0 Å². The fraction of sp³-hybridized carbons (Fsp3) is 0.286. The van der Waals surface area contributed by atoms with E-state index in [4.69, 9.17) is 0 Å². The van der Waals surface area contributed by atoms with Crippen LogP contribution in [0.15, 0.2) is 29.0 Å². The van der Waals surface area contributed by atoms with E-state index in [2.05, 4.69) is 52.3 Å². The number of halogens is 1. The zero-order valence-corrected chi connectivity index (χ0v) is 8.24. The van der Waals surface area contributed by atoms with Crippen molar-refractivity contribution in [2.45, 2.75) is 13.0 Å². The summed E-state index contributed by atoms with van der Waals surface area (Å²) >= 11 is 2.23. The number of nitrogens with one attached hydrogen (secondary N) is 1. The maximum Gasteiger partial charge on any atom is 0.154 e. The topological polar surface area (TPSA) is 30.9 Å². The molecule has 0 aromatic rings. The molecule has 2 heterocycles. The van der Waals surface area contributed by atoms with Gasteiger partial charge in [0, 0.05) is 0 Å². The average molecular weight is 261 g/mol. The molecule has 2 aliphatic rings. The fourth-order valence-corrected chi connectivity index (χ4v) is 1.79. The minimum absolute atomic E-state index is 0.348. The van der Waals surface area contributed by atoms with Gasteiger partial charge in [-0.1, -0.05) is 0 Å². The van der Waals surface area contributed by atoms with E-state index in [0.29, 0.717) is 6.04 Å². The van der Waals surface area contributed by atoms with E-state index in [-0.39, 0.29) is 0 Å². The molecule has 0 radical (unpaired) electrons. The standard InChI is InChI=1S/C7H8IN3/c1-5-2-3-11-6(4-5)7(8)9-10-11/h2-4,6,11H,1H3. The first-order valence-corrected chi connectivity index (χ1v) is 4.52. The highest BCUT2D eigenvalue weighted by atomic mass is 127. The van der Waals surface area contributed by atoms with Crippen LogP contribution >= 0.6 is 22.6 Å². The first-order valence-electron chi connectivity index (χ1n) is 3.45. The molecule has 11 heavy (non-hydrogen) atoms. The number of hydrogen-bond acceptors (Lipinski definition) is 1. The molecule has 0 aromatic heterocycles. The number of fused-ring (bicyclic) bond motifs is 1. The third-order valence-electron chi connectivity index (χ3n) is 1.78. The number of rotatable bonds is 0. The van der Waals surface area contributed by atoms with E-state index in [0.717, 1.165) is 8.73 Å². The Kier molecular flexibility index (Phi) is 1.72. The first kappa shape index (κ1) is 7.30. The molecule has 0 amide bonds. The summed E-state index contributed by atoms with van der Waals surface area (Å²) < 4.78 is 1.07. The molecule has 1 N–H and O–H groups in total. The predicted molar refractivity (Wildman–Crippen MR) is 52.5 cm³/mol. The second-order valence-electron chi connectivity index (χ2n) is 2.67. The molecule has 0 saturated carbocycles. The molecule has 2 unspecified atom stereocenters. The number of hydrogen-bond donors (Lipinski definition) is 1. The average Bonchev–Trinajstić information content (AvgIpc) is 2.33. The Hall–Kier alpha value is -0.360. The Morgan fingerprint density at radius 1 is 1.73 bits per heavy atom. The van der Waals surface area contributed by atoms with Gasteiger partial charge in [-0.3, -0.25) is 0 Å². The summed E-state index contributed by atoms with van der Waals surface area (Å²) in [5, 5.41) is 5.08. The van der Waals surface area contributed by atoms with E-state index in [1.165, 1.54) is 5.57 Å². The third-order valence-corrected chi connectivity index (χ3v) is 2.67. The smallest absolute Gasteiger partial charge is 0.154 e. The van der Waals surface area contributed by atoms with E-state index >= 15 is 0 Å². The van der Waals surface area contributed by atoms with Crippen LogP contribution in [0.5, 0.6) is 0 Å². The van der Waals surface area contributed by atoms with Crippen LogP contribution in [0.4, 0.5) is 0 Å². The maximum absolute atomic E-state index is 4.04. The molecule has 0 spiro atoms. The van der Waals surface area contributed by atoms with E-state index in [1.807, 2.05) is 6.20 Å². The van der Waals surface area contributed by atoms with Crippen molar-refractivity contribution in [2.75, 3.05) is 0 Å². The van der Waals surface area contributed by atoms with Crippen molar-refractivity contribution in [3.63, 3.8) is 0 Å². The van der Waals surface area contributed by atoms with Crippen LogP contribution in [-0.4, -0.2) is 9.76 Å². The Morgan fingerprint density at radius 2 is 2.55 bits per heavy atom. The van der Waals surface area contributed by atoms with Gasteiger partial charge >= 0.3 is 0 Å². The van der Waals surface area contributed by atoms with Gasteiger partial charge in [-0.2, -0.15) is 0 Å². The molecule has 2 rings (SSSR count). The van der Waals surface area contributed by atoms with Crippen LogP contribution in [0.1, 0.15) is 6.92 Å². The quantitative estimate of drug-likeness (QED) is 0.624. The minimum Gasteiger partial charge on any atom is -0.400 e.